The van der Waals surface area contributed by atoms with Crippen LogP contribution in [0.1, 0.15) is 104 Å². The topological polar surface area (TPSA) is 120 Å². The van der Waals surface area contributed by atoms with Gasteiger partial charge in [-0.15, -0.1) is 0 Å². The number of imidazole rings is 1. The molecule has 3 aliphatic carbocycles. The summed E-state index contributed by atoms with van der Waals surface area (Å²) in [5, 5.41) is 12.2. The molecule has 9 nitrogen and oxygen atoms in total. The molecule has 3 fully saturated rings. The first-order valence-corrected chi connectivity index (χ1v) is 14.7. The number of hydrogen-bond donors (Lipinski definition) is 2. The van der Waals surface area contributed by atoms with Crippen LogP contribution in [0.5, 0.6) is 0 Å². The van der Waals surface area contributed by atoms with E-state index in [2.05, 4.69) is 15.5 Å². The Bertz CT molecular complexity index is 1480. The number of fused-ring (bicyclic) bond motifs is 1. The van der Waals surface area contributed by atoms with Crippen molar-refractivity contribution in [2.75, 3.05) is 0 Å². The Balaban J connectivity index is 1.28. The van der Waals surface area contributed by atoms with Gasteiger partial charge in [0.05, 0.1) is 29.8 Å². The molecule has 0 aliphatic heterocycles. The van der Waals surface area contributed by atoms with E-state index < -0.39 is 23.7 Å². The first-order valence-electron chi connectivity index (χ1n) is 14.7. The molecule has 3 aliphatic rings. The van der Waals surface area contributed by atoms with E-state index in [9.17, 15) is 27.2 Å². The summed E-state index contributed by atoms with van der Waals surface area (Å²) in [6.07, 6.45) is 4.95. The fourth-order valence-electron chi connectivity index (χ4n) is 6.61. The van der Waals surface area contributed by atoms with Gasteiger partial charge in [0.2, 0.25) is 17.8 Å². The number of primary amides is 1. The molecule has 0 bridgehead atoms. The molecule has 3 aromatic rings. The first-order chi connectivity index (χ1) is 19.9. The highest BCUT2D eigenvalue weighted by Crippen LogP contribution is 2.46. The average Bonchev–Trinajstić information content (AvgIpc) is 3.52. The van der Waals surface area contributed by atoms with Crippen molar-refractivity contribution in [3.05, 3.63) is 47.2 Å². The Morgan fingerprint density at radius 3 is 2.36 bits per heavy atom. The molecule has 2 amide bonds. The number of nitrogens with one attached hydrogen (secondary N) is 1. The molecular weight excluding hydrogens is 554 g/mol. The predicted molar refractivity (Wildman–Crippen MR) is 144 cm³/mol. The zero-order valence-electron chi connectivity index (χ0n) is 23.4. The highest BCUT2D eigenvalue weighted by Gasteiger charge is 2.46. The van der Waals surface area contributed by atoms with Crippen molar-refractivity contribution < 1.29 is 27.2 Å². The van der Waals surface area contributed by atoms with Gasteiger partial charge in [-0.3, -0.25) is 14.3 Å². The number of hydrogen-bond acceptors (Lipinski definition) is 5. The third-order valence-corrected chi connectivity index (χ3v) is 9.00. The number of halogens is 4. The van der Waals surface area contributed by atoms with Gasteiger partial charge in [-0.2, -0.15) is 10.2 Å². The molecule has 3 N–H and O–H groups in total. The molecule has 42 heavy (non-hydrogen) atoms. The Morgan fingerprint density at radius 1 is 1.05 bits per heavy atom. The van der Waals surface area contributed by atoms with Crippen LogP contribution >= 0.6 is 0 Å². The second-order valence-electron chi connectivity index (χ2n) is 12.3. The van der Waals surface area contributed by atoms with Gasteiger partial charge >= 0.3 is 0 Å². The van der Waals surface area contributed by atoms with E-state index in [0.29, 0.717) is 23.6 Å². The van der Waals surface area contributed by atoms with Crippen molar-refractivity contribution in [3.63, 3.8) is 0 Å². The van der Waals surface area contributed by atoms with Crippen molar-refractivity contribution >= 4 is 17.5 Å². The van der Waals surface area contributed by atoms with Crippen LogP contribution < -0.4 is 11.1 Å². The van der Waals surface area contributed by atoms with Gasteiger partial charge in [0.15, 0.2) is 5.65 Å². The quantitative estimate of drug-likeness (QED) is 0.323. The number of aryl methyl sites for hydroxylation is 1. The Labute approximate surface area is 240 Å². The maximum Gasteiger partial charge on any atom is 0.266 e. The lowest BCUT2D eigenvalue weighted by Crippen LogP contribution is -2.39. The molecule has 3 aromatic heterocycles. The van der Waals surface area contributed by atoms with Crippen LogP contribution in [0.25, 0.3) is 5.65 Å². The summed E-state index contributed by atoms with van der Waals surface area (Å²) < 4.78 is 57.8. The van der Waals surface area contributed by atoms with E-state index in [4.69, 9.17) is 10.7 Å². The van der Waals surface area contributed by atoms with Gasteiger partial charge in [0, 0.05) is 44.6 Å². The predicted octanol–water partition coefficient (Wildman–Crippen LogP) is 5.00. The summed E-state index contributed by atoms with van der Waals surface area (Å²) >= 11 is 0. The number of amides is 2. The van der Waals surface area contributed by atoms with Crippen molar-refractivity contribution in [2.45, 2.75) is 95.1 Å². The van der Waals surface area contributed by atoms with Crippen molar-refractivity contribution in [3.8, 4) is 0 Å². The summed E-state index contributed by atoms with van der Waals surface area (Å²) in [5.74, 6) is -6.94. The average molecular weight is 590 g/mol. The van der Waals surface area contributed by atoms with E-state index in [1.807, 2.05) is 13.0 Å². The minimum absolute atomic E-state index is 0.0713. The van der Waals surface area contributed by atoms with Crippen LogP contribution in [0.15, 0.2) is 24.5 Å². The zero-order chi connectivity index (χ0) is 29.8. The molecule has 0 spiro atoms. The van der Waals surface area contributed by atoms with Gasteiger partial charge in [0.1, 0.15) is 5.69 Å². The third kappa shape index (κ3) is 5.87. The monoisotopic (exact) mass is 589 g/mol. The van der Waals surface area contributed by atoms with Crippen LogP contribution in [-0.2, 0) is 11.3 Å². The van der Waals surface area contributed by atoms with Gasteiger partial charge < -0.3 is 11.1 Å². The number of nitrogens with zero attached hydrogens (tertiary/aromatic N) is 5. The number of rotatable bonds is 10. The standard InChI is InChI=1S/C29H35F4N7O2/c1-2-39-22(27(34)42)11-20(38-39)25(17-5-7-28(30,31)8-6-17)21-15-40-23(36-21)10-19(14-35-40)26(18-3-4-18)37-24(41)9-16-12-29(32,33)13-16/h10-11,14-18,25-26H,2-9,12-13H2,1H3,(H2,34,42)(H,37,41)/t25-,26-/m1/s1. The van der Waals surface area contributed by atoms with Crippen LogP contribution in [0.4, 0.5) is 17.6 Å². The molecule has 2 atom stereocenters. The summed E-state index contributed by atoms with van der Waals surface area (Å²) in [4.78, 5) is 29.6. The maximum atomic E-state index is 14.1. The molecule has 13 heteroatoms. The number of aromatic nitrogens is 5. The van der Waals surface area contributed by atoms with Crippen molar-refractivity contribution in [2.24, 2.45) is 23.5 Å². The smallest absolute Gasteiger partial charge is 0.266 e. The second-order valence-corrected chi connectivity index (χ2v) is 12.3. The lowest BCUT2D eigenvalue weighted by molar-refractivity contribution is -0.134. The van der Waals surface area contributed by atoms with E-state index >= 15 is 0 Å². The summed E-state index contributed by atoms with van der Waals surface area (Å²) in [7, 11) is 0. The molecule has 0 saturated heterocycles. The zero-order valence-corrected chi connectivity index (χ0v) is 23.4. The van der Waals surface area contributed by atoms with E-state index in [1.54, 1.807) is 23.0 Å². The van der Waals surface area contributed by atoms with E-state index in [1.165, 1.54) is 4.68 Å². The summed E-state index contributed by atoms with van der Waals surface area (Å²) in [5.41, 5.74) is 8.28. The first kappa shape index (κ1) is 28.6. The molecule has 3 heterocycles. The Morgan fingerprint density at radius 2 is 1.76 bits per heavy atom. The molecule has 226 valence electrons. The molecule has 0 unspecified atom stereocenters. The maximum absolute atomic E-state index is 14.1. The normalized spacial score (nSPS) is 22.0. The molecule has 0 radical (unpaired) electrons. The highest BCUT2D eigenvalue weighted by molar-refractivity contribution is 5.91. The van der Waals surface area contributed by atoms with E-state index in [-0.39, 0.29) is 80.3 Å². The molecule has 6 rings (SSSR count). The molecular formula is C29H35F4N7O2. The Hall–Kier alpha value is -3.51. The van der Waals surface area contributed by atoms with Crippen LogP contribution in [-0.4, -0.2) is 48.0 Å². The number of carbonyl (C=O) groups excluding carboxylic acids is 2. The molecule has 3 saturated carbocycles. The van der Waals surface area contributed by atoms with Gasteiger partial charge in [-0.05, 0) is 68.1 Å². The van der Waals surface area contributed by atoms with Gasteiger partial charge in [-0.1, -0.05) is 0 Å². The lowest BCUT2D eigenvalue weighted by atomic mass is 9.76. The van der Waals surface area contributed by atoms with Gasteiger partial charge in [0.25, 0.3) is 5.91 Å². The van der Waals surface area contributed by atoms with Crippen molar-refractivity contribution in [1.29, 1.82) is 0 Å². The van der Waals surface area contributed by atoms with Crippen molar-refractivity contribution in [1.82, 2.24) is 29.7 Å². The van der Waals surface area contributed by atoms with Gasteiger partial charge in [-0.25, -0.2) is 27.1 Å². The Kier molecular flexibility index (Phi) is 7.25. The minimum atomic E-state index is -2.71. The minimum Gasteiger partial charge on any atom is -0.364 e. The van der Waals surface area contributed by atoms with Crippen LogP contribution in [0.2, 0.25) is 0 Å². The fraction of sp³-hybridized carbons (Fsp3) is 0.621. The lowest BCUT2D eigenvalue weighted by Gasteiger charge is -2.34. The third-order valence-electron chi connectivity index (χ3n) is 9.00. The highest BCUT2D eigenvalue weighted by atomic mass is 19.3. The van der Waals surface area contributed by atoms with E-state index in [0.717, 1.165) is 18.4 Å². The second kappa shape index (κ2) is 10.6. The fourth-order valence-corrected chi connectivity index (χ4v) is 6.61. The number of nitrogens with two attached hydrogens (primary N) is 1. The summed E-state index contributed by atoms with van der Waals surface area (Å²) in [6.45, 7) is 2.26. The number of carbonyl (C=O) groups is 2. The SMILES string of the molecule is CCn1nc([C@H](c2cn3ncc([C@H](NC(=O)CC4CC(F)(F)C4)C4CC4)cc3n2)C2CCC(F)(F)CC2)cc1C(N)=O. The molecule has 0 aromatic carbocycles. The van der Waals surface area contributed by atoms with Crippen LogP contribution in [0.3, 0.4) is 0 Å². The van der Waals surface area contributed by atoms with Crippen LogP contribution in [0, 0.1) is 17.8 Å². The number of alkyl halides is 4. The summed E-state index contributed by atoms with van der Waals surface area (Å²) in [6, 6.07) is 3.18. The largest absolute Gasteiger partial charge is 0.364 e.